The standard InChI is InChI=1S/C16H25ClN2O2/c1-21-16-7-6-11(8-13(16)17)15(9-18)19-14-5-3-2-4-12(14)10-20/h6-8,12,14-15,19-20H,2-5,9-10,18H2,1H3. The molecule has 5 heteroatoms. The van der Waals surface area contributed by atoms with Gasteiger partial charge in [-0.05, 0) is 36.5 Å². The number of nitrogens with one attached hydrogen (secondary N) is 1. The van der Waals surface area contributed by atoms with Crippen molar-refractivity contribution in [2.75, 3.05) is 20.3 Å². The van der Waals surface area contributed by atoms with Gasteiger partial charge in [-0.3, -0.25) is 0 Å². The zero-order valence-electron chi connectivity index (χ0n) is 12.5. The molecule has 0 aromatic heterocycles. The number of hydrogen-bond donors (Lipinski definition) is 3. The lowest BCUT2D eigenvalue weighted by molar-refractivity contribution is 0.146. The third-order valence-electron chi connectivity index (χ3n) is 4.37. The molecule has 0 saturated heterocycles. The second-order valence-electron chi connectivity index (χ2n) is 5.68. The third-order valence-corrected chi connectivity index (χ3v) is 4.67. The Hall–Kier alpha value is -0.810. The quantitative estimate of drug-likeness (QED) is 0.755. The molecule has 1 fully saturated rings. The SMILES string of the molecule is COc1ccc(C(CN)NC2CCCCC2CO)cc1Cl. The second kappa shape index (κ2) is 7.99. The molecule has 4 N–H and O–H groups in total. The van der Waals surface area contributed by atoms with Gasteiger partial charge in [0.2, 0.25) is 0 Å². The van der Waals surface area contributed by atoms with Gasteiger partial charge in [0, 0.05) is 25.2 Å². The Morgan fingerprint density at radius 1 is 1.43 bits per heavy atom. The Morgan fingerprint density at radius 2 is 2.19 bits per heavy atom. The number of hydrogen-bond acceptors (Lipinski definition) is 4. The first kappa shape index (κ1) is 16.6. The van der Waals surface area contributed by atoms with Crippen LogP contribution in [0.3, 0.4) is 0 Å². The smallest absolute Gasteiger partial charge is 0.137 e. The summed E-state index contributed by atoms with van der Waals surface area (Å²) in [5, 5.41) is 13.7. The Kier molecular flexibility index (Phi) is 6.30. The highest BCUT2D eigenvalue weighted by atomic mass is 35.5. The summed E-state index contributed by atoms with van der Waals surface area (Å²) >= 11 is 6.20. The predicted octanol–water partition coefficient (Wildman–Crippen LogP) is 2.49. The number of nitrogens with two attached hydrogens (primary N) is 1. The van der Waals surface area contributed by atoms with Gasteiger partial charge in [-0.2, -0.15) is 0 Å². The van der Waals surface area contributed by atoms with Gasteiger partial charge in [-0.25, -0.2) is 0 Å². The maximum Gasteiger partial charge on any atom is 0.137 e. The minimum absolute atomic E-state index is 0.0468. The van der Waals surface area contributed by atoms with Crippen LogP contribution < -0.4 is 15.8 Å². The van der Waals surface area contributed by atoms with Crippen LogP contribution in [0.2, 0.25) is 5.02 Å². The zero-order valence-corrected chi connectivity index (χ0v) is 13.3. The van der Waals surface area contributed by atoms with Crippen LogP contribution >= 0.6 is 11.6 Å². The molecule has 1 aliphatic carbocycles. The number of rotatable bonds is 6. The fourth-order valence-electron chi connectivity index (χ4n) is 3.10. The van der Waals surface area contributed by atoms with E-state index >= 15 is 0 Å². The van der Waals surface area contributed by atoms with Crippen LogP contribution in [0.1, 0.15) is 37.3 Å². The zero-order chi connectivity index (χ0) is 15.2. The van der Waals surface area contributed by atoms with Crippen molar-refractivity contribution in [2.24, 2.45) is 11.7 Å². The molecule has 0 heterocycles. The van der Waals surface area contributed by atoms with Crippen LogP contribution in [0.25, 0.3) is 0 Å². The molecule has 1 aromatic carbocycles. The largest absolute Gasteiger partial charge is 0.495 e. The van der Waals surface area contributed by atoms with Crippen molar-refractivity contribution in [3.63, 3.8) is 0 Å². The summed E-state index contributed by atoms with van der Waals surface area (Å²) in [5.74, 6) is 0.989. The molecule has 0 aliphatic heterocycles. The molecule has 0 radical (unpaired) electrons. The highest BCUT2D eigenvalue weighted by Crippen LogP contribution is 2.30. The average Bonchev–Trinajstić information content (AvgIpc) is 2.52. The molecule has 1 aromatic rings. The minimum Gasteiger partial charge on any atom is -0.495 e. The minimum atomic E-state index is 0.0468. The lowest BCUT2D eigenvalue weighted by atomic mass is 9.84. The monoisotopic (exact) mass is 312 g/mol. The summed E-state index contributed by atoms with van der Waals surface area (Å²) in [4.78, 5) is 0. The molecule has 4 nitrogen and oxygen atoms in total. The normalized spacial score (nSPS) is 23.8. The van der Waals surface area contributed by atoms with E-state index in [2.05, 4.69) is 5.32 Å². The molecule has 1 saturated carbocycles. The summed E-state index contributed by atoms with van der Waals surface area (Å²) in [6.45, 7) is 0.732. The van der Waals surface area contributed by atoms with Gasteiger partial charge in [0.05, 0.1) is 12.1 Å². The highest BCUT2D eigenvalue weighted by molar-refractivity contribution is 6.32. The van der Waals surface area contributed by atoms with E-state index in [0.717, 1.165) is 18.4 Å². The molecule has 3 unspecified atom stereocenters. The van der Waals surface area contributed by atoms with E-state index in [1.165, 1.54) is 12.8 Å². The van der Waals surface area contributed by atoms with Gasteiger partial charge in [0.25, 0.3) is 0 Å². The van der Waals surface area contributed by atoms with Gasteiger partial charge in [-0.15, -0.1) is 0 Å². The summed E-state index contributed by atoms with van der Waals surface area (Å²) in [6.07, 6.45) is 4.57. The molecular formula is C16H25ClN2O2. The lowest BCUT2D eigenvalue weighted by Gasteiger charge is -2.34. The fourth-order valence-corrected chi connectivity index (χ4v) is 3.37. The predicted molar refractivity (Wildman–Crippen MR) is 85.8 cm³/mol. The highest BCUT2D eigenvalue weighted by Gasteiger charge is 2.26. The van der Waals surface area contributed by atoms with Gasteiger partial charge in [-0.1, -0.05) is 30.5 Å². The van der Waals surface area contributed by atoms with Crippen molar-refractivity contribution in [1.82, 2.24) is 5.32 Å². The van der Waals surface area contributed by atoms with Crippen LogP contribution in [-0.4, -0.2) is 31.4 Å². The van der Waals surface area contributed by atoms with Crippen molar-refractivity contribution in [2.45, 2.75) is 37.8 Å². The van der Waals surface area contributed by atoms with E-state index in [-0.39, 0.29) is 12.6 Å². The summed E-state index contributed by atoms with van der Waals surface area (Å²) in [7, 11) is 1.60. The van der Waals surface area contributed by atoms with Gasteiger partial charge in [0.15, 0.2) is 0 Å². The lowest BCUT2D eigenvalue weighted by Crippen LogP contribution is -2.44. The van der Waals surface area contributed by atoms with E-state index in [9.17, 15) is 5.11 Å². The fraction of sp³-hybridized carbons (Fsp3) is 0.625. The van der Waals surface area contributed by atoms with Gasteiger partial charge in [0.1, 0.15) is 5.75 Å². The van der Waals surface area contributed by atoms with Gasteiger partial charge < -0.3 is 20.9 Å². The number of benzene rings is 1. The first-order valence-electron chi connectivity index (χ1n) is 7.60. The molecular weight excluding hydrogens is 288 g/mol. The van der Waals surface area contributed by atoms with Crippen LogP contribution in [0.15, 0.2) is 18.2 Å². The van der Waals surface area contributed by atoms with Crippen molar-refractivity contribution in [3.8, 4) is 5.75 Å². The topological polar surface area (TPSA) is 67.5 Å². The van der Waals surface area contributed by atoms with E-state index in [1.807, 2.05) is 18.2 Å². The first-order chi connectivity index (χ1) is 10.2. The molecule has 21 heavy (non-hydrogen) atoms. The molecule has 3 atom stereocenters. The third kappa shape index (κ3) is 4.10. The first-order valence-corrected chi connectivity index (χ1v) is 7.97. The molecule has 118 valence electrons. The Balaban J connectivity index is 2.10. The van der Waals surface area contributed by atoms with Gasteiger partial charge >= 0.3 is 0 Å². The van der Waals surface area contributed by atoms with Crippen LogP contribution in [0, 0.1) is 5.92 Å². The van der Waals surface area contributed by atoms with E-state index in [0.29, 0.717) is 29.3 Å². The Labute approximate surface area is 131 Å². The maximum absolute atomic E-state index is 9.52. The number of aliphatic hydroxyl groups excluding tert-OH is 1. The molecule has 1 aliphatic rings. The Bertz CT molecular complexity index is 456. The van der Waals surface area contributed by atoms with Crippen molar-refractivity contribution >= 4 is 11.6 Å². The molecule has 0 amide bonds. The van der Waals surface area contributed by atoms with Crippen LogP contribution in [0.4, 0.5) is 0 Å². The summed E-state index contributed by atoms with van der Waals surface area (Å²) in [5.41, 5.74) is 6.99. The average molecular weight is 313 g/mol. The summed E-state index contributed by atoms with van der Waals surface area (Å²) in [6, 6.07) is 6.13. The van der Waals surface area contributed by atoms with Crippen molar-refractivity contribution < 1.29 is 9.84 Å². The second-order valence-corrected chi connectivity index (χ2v) is 6.09. The van der Waals surface area contributed by atoms with E-state index in [1.54, 1.807) is 7.11 Å². The number of halogens is 1. The van der Waals surface area contributed by atoms with Crippen LogP contribution in [-0.2, 0) is 0 Å². The Morgan fingerprint density at radius 3 is 2.81 bits per heavy atom. The molecule has 0 bridgehead atoms. The number of aliphatic hydroxyl groups is 1. The number of methoxy groups -OCH3 is 1. The maximum atomic E-state index is 9.52. The summed E-state index contributed by atoms with van der Waals surface area (Å²) < 4.78 is 5.18. The van der Waals surface area contributed by atoms with Crippen LogP contribution in [0.5, 0.6) is 5.75 Å². The molecule has 2 rings (SSSR count). The number of ether oxygens (including phenoxy) is 1. The van der Waals surface area contributed by atoms with Crippen molar-refractivity contribution in [3.05, 3.63) is 28.8 Å². The van der Waals surface area contributed by atoms with Crippen molar-refractivity contribution in [1.29, 1.82) is 0 Å². The molecule has 0 spiro atoms. The van der Waals surface area contributed by atoms with E-state index in [4.69, 9.17) is 22.1 Å². The van der Waals surface area contributed by atoms with E-state index < -0.39 is 0 Å².